The van der Waals surface area contributed by atoms with E-state index in [9.17, 15) is 4.79 Å². The van der Waals surface area contributed by atoms with E-state index in [2.05, 4.69) is 17.4 Å². The van der Waals surface area contributed by atoms with Crippen molar-refractivity contribution in [2.75, 3.05) is 6.61 Å². The minimum Gasteiger partial charge on any atom is -0.491 e. The van der Waals surface area contributed by atoms with Gasteiger partial charge in [-0.05, 0) is 81.3 Å². The lowest BCUT2D eigenvalue weighted by Gasteiger charge is -2.21. The van der Waals surface area contributed by atoms with Gasteiger partial charge in [0, 0.05) is 0 Å². The fraction of sp³-hybridized carbons (Fsp3) is 0.435. The normalized spacial score (nSPS) is 15.4. The van der Waals surface area contributed by atoms with Crippen molar-refractivity contribution in [2.45, 2.75) is 58.6 Å². The second-order valence-corrected chi connectivity index (χ2v) is 7.38. The van der Waals surface area contributed by atoms with Crippen LogP contribution in [0.1, 0.15) is 43.4 Å². The number of ether oxygens (including phenoxy) is 2. The number of hydrogen-bond acceptors (Lipinski definition) is 3. The van der Waals surface area contributed by atoms with Crippen LogP contribution >= 0.6 is 0 Å². The Morgan fingerprint density at radius 3 is 2.59 bits per heavy atom. The molecule has 0 saturated heterocycles. The summed E-state index contributed by atoms with van der Waals surface area (Å²) in [5.41, 5.74) is 3.85. The van der Waals surface area contributed by atoms with Crippen LogP contribution < -0.4 is 14.8 Å². The van der Waals surface area contributed by atoms with Crippen LogP contribution in [0.3, 0.4) is 0 Å². The maximum Gasteiger partial charge on any atom is 0.261 e. The average molecular weight is 367 g/mol. The molecular formula is C23H29NO3. The zero-order valence-electron chi connectivity index (χ0n) is 16.5. The number of aryl methyl sites for hydroxylation is 3. The first-order chi connectivity index (χ1) is 13.0. The molecule has 144 valence electrons. The van der Waals surface area contributed by atoms with E-state index in [4.69, 9.17) is 9.47 Å². The van der Waals surface area contributed by atoms with Crippen molar-refractivity contribution in [3.8, 4) is 11.5 Å². The smallest absolute Gasteiger partial charge is 0.261 e. The summed E-state index contributed by atoms with van der Waals surface area (Å²) in [5.74, 6) is 1.48. The first kappa shape index (κ1) is 19.3. The van der Waals surface area contributed by atoms with Crippen LogP contribution in [-0.2, 0) is 17.6 Å². The number of para-hydroxylation sites is 1. The van der Waals surface area contributed by atoms with Crippen molar-refractivity contribution in [3.05, 3.63) is 59.2 Å². The van der Waals surface area contributed by atoms with Gasteiger partial charge < -0.3 is 14.8 Å². The van der Waals surface area contributed by atoms with Crippen LogP contribution in [0, 0.1) is 6.92 Å². The highest BCUT2D eigenvalue weighted by Crippen LogP contribution is 2.26. The van der Waals surface area contributed by atoms with Gasteiger partial charge in [0.15, 0.2) is 6.10 Å². The molecule has 2 aromatic carbocycles. The average Bonchev–Trinajstić information content (AvgIpc) is 2.67. The van der Waals surface area contributed by atoms with Crippen molar-refractivity contribution in [2.24, 2.45) is 0 Å². The first-order valence-corrected chi connectivity index (χ1v) is 9.80. The maximum absolute atomic E-state index is 12.4. The molecular weight excluding hydrogens is 338 g/mol. The molecule has 27 heavy (non-hydrogen) atoms. The van der Waals surface area contributed by atoms with Gasteiger partial charge in [0.1, 0.15) is 18.1 Å². The monoisotopic (exact) mass is 367 g/mol. The number of carbonyl (C=O) groups excluding carboxylic acids is 1. The number of benzene rings is 2. The summed E-state index contributed by atoms with van der Waals surface area (Å²) in [6.45, 7) is 6.14. The summed E-state index contributed by atoms with van der Waals surface area (Å²) in [5, 5.41) is 2.96. The predicted molar refractivity (Wildman–Crippen MR) is 107 cm³/mol. The lowest BCUT2D eigenvalue weighted by atomic mass is 9.92. The van der Waals surface area contributed by atoms with Gasteiger partial charge in [0.2, 0.25) is 0 Å². The quantitative estimate of drug-likeness (QED) is 0.797. The topological polar surface area (TPSA) is 47.6 Å². The van der Waals surface area contributed by atoms with Crippen LogP contribution in [0.5, 0.6) is 11.5 Å². The van der Waals surface area contributed by atoms with E-state index in [0.717, 1.165) is 29.9 Å². The van der Waals surface area contributed by atoms with Crippen molar-refractivity contribution < 1.29 is 14.3 Å². The number of nitrogens with one attached hydrogen (secondary N) is 1. The van der Waals surface area contributed by atoms with E-state index in [0.29, 0.717) is 6.61 Å². The molecule has 2 aromatic rings. The highest BCUT2D eigenvalue weighted by Gasteiger charge is 2.18. The molecule has 0 heterocycles. The van der Waals surface area contributed by atoms with Gasteiger partial charge in [-0.1, -0.05) is 24.3 Å². The highest BCUT2D eigenvalue weighted by molar-refractivity contribution is 5.81. The van der Waals surface area contributed by atoms with Gasteiger partial charge >= 0.3 is 0 Å². The van der Waals surface area contributed by atoms with Crippen LogP contribution in [0.15, 0.2) is 42.5 Å². The van der Waals surface area contributed by atoms with Gasteiger partial charge in [-0.15, -0.1) is 0 Å². The standard InChI is InChI=1S/C23H29NO3/c1-16-8-4-7-11-22(16)26-15-17(2)24-23(25)18(3)27-21-13-12-19-9-5-6-10-20(19)14-21/h4,7-8,11-14,17-18H,5-6,9-10,15H2,1-3H3,(H,24,25)/t17-,18+/m1/s1. The summed E-state index contributed by atoms with van der Waals surface area (Å²) in [6.07, 6.45) is 4.18. The number of fused-ring (bicyclic) bond motifs is 1. The molecule has 1 N–H and O–H groups in total. The molecule has 4 nitrogen and oxygen atoms in total. The Hall–Kier alpha value is -2.49. The van der Waals surface area contributed by atoms with Crippen molar-refractivity contribution in [1.29, 1.82) is 0 Å². The van der Waals surface area contributed by atoms with E-state index in [1.54, 1.807) is 6.92 Å². The molecule has 0 unspecified atom stereocenters. The number of hydrogen-bond donors (Lipinski definition) is 1. The minimum absolute atomic E-state index is 0.105. The van der Waals surface area contributed by atoms with Crippen molar-refractivity contribution in [3.63, 3.8) is 0 Å². The summed E-state index contributed by atoms with van der Waals surface area (Å²) in [7, 11) is 0. The number of amides is 1. The highest BCUT2D eigenvalue weighted by atomic mass is 16.5. The molecule has 0 aromatic heterocycles. The van der Waals surface area contributed by atoms with Gasteiger partial charge in [0.05, 0.1) is 6.04 Å². The zero-order valence-corrected chi connectivity index (χ0v) is 16.5. The third kappa shape index (κ3) is 5.25. The largest absolute Gasteiger partial charge is 0.491 e. The number of rotatable bonds is 7. The maximum atomic E-state index is 12.4. The SMILES string of the molecule is Cc1ccccc1OC[C@@H](C)NC(=O)[C@H](C)Oc1ccc2c(c1)CCCC2. The summed E-state index contributed by atoms with van der Waals surface area (Å²) in [6, 6.07) is 14.0. The Kier molecular flexibility index (Phi) is 6.38. The molecule has 0 aliphatic heterocycles. The minimum atomic E-state index is -0.549. The molecule has 0 bridgehead atoms. The third-order valence-electron chi connectivity index (χ3n) is 4.97. The van der Waals surface area contributed by atoms with Crippen LogP contribution in [0.4, 0.5) is 0 Å². The van der Waals surface area contributed by atoms with Gasteiger partial charge in [0.25, 0.3) is 5.91 Å². The Balaban J connectivity index is 1.49. The van der Waals surface area contributed by atoms with E-state index in [1.165, 1.54) is 24.0 Å². The van der Waals surface area contributed by atoms with Crippen LogP contribution in [0.25, 0.3) is 0 Å². The van der Waals surface area contributed by atoms with Crippen molar-refractivity contribution >= 4 is 5.91 Å². The Labute approximate surface area is 161 Å². The number of carbonyl (C=O) groups is 1. The summed E-state index contributed by atoms with van der Waals surface area (Å²) >= 11 is 0. The fourth-order valence-corrected chi connectivity index (χ4v) is 3.38. The Morgan fingerprint density at radius 1 is 1.07 bits per heavy atom. The Morgan fingerprint density at radius 2 is 1.81 bits per heavy atom. The van der Waals surface area contributed by atoms with E-state index < -0.39 is 6.10 Å². The van der Waals surface area contributed by atoms with Gasteiger partial charge in [-0.2, -0.15) is 0 Å². The summed E-state index contributed by atoms with van der Waals surface area (Å²) in [4.78, 5) is 12.4. The van der Waals surface area contributed by atoms with Crippen LogP contribution in [0.2, 0.25) is 0 Å². The molecule has 1 aliphatic carbocycles. The molecule has 3 rings (SSSR count). The molecule has 0 fully saturated rings. The molecule has 0 radical (unpaired) electrons. The molecule has 1 amide bonds. The lowest BCUT2D eigenvalue weighted by Crippen LogP contribution is -2.43. The molecule has 2 atom stereocenters. The van der Waals surface area contributed by atoms with E-state index in [1.807, 2.05) is 44.2 Å². The van der Waals surface area contributed by atoms with E-state index in [-0.39, 0.29) is 11.9 Å². The second-order valence-electron chi connectivity index (χ2n) is 7.38. The molecule has 4 heteroatoms. The fourth-order valence-electron chi connectivity index (χ4n) is 3.38. The van der Waals surface area contributed by atoms with Gasteiger partial charge in [-0.25, -0.2) is 0 Å². The predicted octanol–water partition coefficient (Wildman–Crippen LogP) is 4.22. The van der Waals surface area contributed by atoms with E-state index >= 15 is 0 Å². The van der Waals surface area contributed by atoms with Gasteiger partial charge in [-0.3, -0.25) is 4.79 Å². The van der Waals surface area contributed by atoms with Crippen molar-refractivity contribution in [1.82, 2.24) is 5.32 Å². The third-order valence-corrected chi connectivity index (χ3v) is 4.97. The molecule has 0 saturated carbocycles. The first-order valence-electron chi connectivity index (χ1n) is 9.80. The Bertz CT molecular complexity index is 787. The lowest BCUT2D eigenvalue weighted by molar-refractivity contribution is -0.128. The molecule has 1 aliphatic rings. The zero-order chi connectivity index (χ0) is 19.2. The molecule has 0 spiro atoms. The summed E-state index contributed by atoms with van der Waals surface area (Å²) < 4.78 is 11.7. The van der Waals surface area contributed by atoms with Crippen LogP contribution in [-0.4, -0.2) is 24.7 Å². The second kappa shape index (κ2) is 8.94.